The third-order valence-electron chi connectivity index (χ3n) is 3.82. The summed E-state index contributed by atoms with van der Waals surface area (Å²) >= 11 is 0. The van der Waals surface area contributed by atoms with E-state index in [2.05, 4.69) is 16.8 Å². The first-order valence-corrected chi connectivity index (χ1v) is 6.71. The predicted octanol–water partition coefficient (Wildman–Crippen LogP) is 1.98. The van der Waals surface area contributed by atoms with Crippen molar-refractivity contribution in [2.45, 2.75) is 13.3 Å². The molecule has 0 saturated carbocycles. The van der Waals surface area contributed by atoms with Gasteiger partial charge in [-0.05, 0) is 45.0 Å². The van der Waals surface area contributed by atoms with E-state index >= 15 is 0 Å². The molecule has 1 unspecified atom stereocenters. The van der Waals surface area contributed by atoms with Crippen molar-refractivity contribution < 1.29 is 9.90 Å². The molecule has 1 aliphatic heterocycles. The van der Waals surface area contributed by atoms with E-state index in [0.717, 1.165) is 25.3 Å². The highest BCUT2D eigenvalue weighted by atomic mass is 16.3. The van der Waals surface area contributed by atoms with Gasteiger partial charge in [-0.3, -0.25) is 4.79 Å². The van der Waals surface area contributed by atoms with Crippen LogP contribution in [-0.2, 0) is 0 Å². The van der Waals surface area contributed by atoms with Crippen LogP contribution in [0.1, 0.15) is 23.7 Å². The van der Waals surface area contributed by atoms with Crippen LogP contribution in [0, 0.1) is 5.92 Å². The molecule has 1 aliphatic rings. The first kappa shape index (κ1) is 13.9. The van der Waals surface area contributed by atoms with E-state index in [1.54, 1.807) is 12.1 Å². The Bertz CT molecular complexity index is 473. The SMILES string of the molecule is CC(=O)c1ccc(N(C)CC2CCN(C)C2)cc1O. The van der Waals surface area contributed by atoms with Crippen LogP contribution in [0.4, 0.5) is 5.69 Å². The topological polar surface area (TPSA) is 43.8 Å². The molecule has 0 aromatic heterocycles. The molecule has 0 aliphatic carbocycles. The van der Waals surface area contributed by atoms with Crippen molar-refractivity contribution >= 4 is 11.5 Å². The first-order chi connectivity index (χ1) is 8.97. The molecule has 1 N–H and O–H groups in total. The molecule has 1 saturated heterocycles. The zero-order valence-electron chi connectivity index (χ0n) is 11.9. The number of phenolic OH excluding ortho intramolecular Hbond substituents is 1. The van der Waals surface area contributed by atoms with E-state index in [4.69, 9.17) is 0 Å². The summed E-state index contributed by atoms with van der Waals surface area (Å²) in [6, 6.07) is 5.27. The maximum atomic E-state index is 11.3. The number of carbonyl (C=O) groups excluding carboxylic acids is 1. The fourth-order valence-corrected chi connectivity index (χ4v) is 2.72. The minimum Gasteiger partial charge on any atom is -0.507 e. The summed E-state index contributed by atoms with van der Waals surface area (Å²) in [7, 11) is 4.17. The zero-order chi connectivity index (χ0) is 14.0. The van der Waals surface area contributed by atoms with Crippen LogP contribution in [0.15, 0.2) is 18.2 Å². The fourth-order valence-electron chi connectivity index (χ4n) is 2.72. The average molecular weight is 262 g/mol. The van der Waals surface area contributed by atoms with E-state index in [-0.39, 0.29) is 11.5 Å². The van der Waals surface area contributed by atoms with E-state index < -0.39 is 0 Å². The summed E-state index contributed by atoms with van der Waals surface area (Å²) in [6.45, 7) is 4.73. The van der Waals surface area contributed by atoms with Gasteiger partial charge in [0.1, 0.15) is 5.75 Å². The summed E-state index contributed by atoms with van der Waals surface area (Å²) in [5, 5.41) is 9.86. The third-order valence-corrected chi connectivity index (χ3v) is 3.82. The molecule has 4 nitrogen and oxygen atoms in total. The maximum Gasteiger partial charge on any atom is 0.163 e. The summed E-state index contributed by atoms with van der Waals surface area (Å²) in [6.07, 6.45) is 1.22. The number of rotatable bonds is 4. The summed E-state index contributed by atoms with van der Waals surface area (Å²) in [5.74, 6) is 0.633. The van der Waals surface area contributed by atoms with Crippen molar-refractivity contribution in [2.24, 2.45) is 5.92 Å². The Balaban J connectivity index is 2.05. The summed E-state index contributed by atoms with van der Waals surface area (Å²) in [5.41, 5.74) is 1.34. The number of carbonyl (C=O) groups is 1. The van der Waals surface area contributed by atoms with Gasteiger partial charge in [0.25, 0.3) is 0 Å². The van der Waals surface area contributed by atoms with Gasteiger partial charge in [0.05, 0.1) is 5.56 Å². The second-order valence-corrected chi connectivity index (χ2v) is 5.56. The van der Waals surface area contributed by atoms with Crippen molar-refractivity contribution in [3.05, 3.63) is 23.8 Å². The molecule has 1 aromatic rings. The minimum absolute atomic E-state index is 0.0698. The molecule has 1 atom stereocenters. The molecule has 104 valence electrons. The van der Waals surface area contributed by atoms with Crippen molar-refractivity contribution in [3.8, 4) is 5.75 Å². The lowest BCUT2D eigenvalue weighted by atomic mass is 10.1. The number of hydrogen-bond donors (Lipinski definition) is 1. The molecular weight excluding hydrogens is 240 g/mol. The monoisotopic (exact) mass is 262 g/mol. The van der Waals surface area contributed by atoms with Crippen molar-refractivity contribution in [1.82, 2.24) is 4.90 Å². The van der Waals surface area contributed by atoms with Gasteiger partial charge in [0.15, 0.2) is 5.78 Å². The Hall–Kier alpha value is -1.55. The Kier molecular flexibility index (Phi) is 4.10. The van der Waals surface area contributed by atoms with Gasteiger partial charge in [0, 0.05) is 31.9 Å². The van der Waals surface area contributed by atoms with Crippen molar-refractivity contribution in [3.63, 3.8) is 0 Å². The summed E-state index contributed by atoms with van der Waals surface area (Å²) in [4.78, 5) is 15.8. The number of ketones is 1. The normalized spacial score (nSPS) is 19.6. The van der Waals surface area contributed by atoms with Gasteiger partial charge in [-0.25, -0.2) is 0 Å². The molecule has 1 aromatic carbocycles. The van der Waals surface area contributed by atoms with Gasteiger partial charge >= 0.3 is 0 Å². The highest BCUT2D eigenvalue weighted by molar-refractivity contribution is 5.97. The van der Waals surface area contributed by atoms with Crippen LogP contribution in [0.2, 0.25) is 0 Å². The zero-order valence-corrected chi connectivity index (χ0v) is 11.9. The van der Waals surface area contributed by atoms with Gasteiger partial charge in [-0.15, -0.1) is 0 Å². The molecule has 1 fully saturated rings. The molecule has 2 rings (SSSR count). The van der Waals surface area contributed by atoms with Crippen LogP contribution in [-0.4, -0.2) is 49.5 Å². The number of likely N-dealkylation sites (tertiary alicyclic amines) is 1. The average Bonchev–Trinajstić information content (AvgIpc) is 2.74. The lowest BCUT2D eigenvalue weighted by Gasteiger charge is -2.23. The quantitative estimate of drug-likeness (QED) is 0.843. The maximum absolute atomic E-state index is 11.3. The van der Waals surface area contributed by atoms with Crippen LogP contribution < -0.4 is 4.90 Å². The predicted molar refractivity (Wildman–Crippen MR) is 77.0 cm³/mol. The lowest BCUT2D eigenvalue weighted by molar-refractivity contribution is 0.101. The largest absolute Gasteiger partial charge is 0.507 e. The molecule has 4 heteroatoms. The molecular formula is C15H22N2O2. The van der Waals surface area contributed by atoms with Gasteiger partial charge in [0.2, 0.25) is 0 Å². The van der Waals surface area contributed by atoms with Gasteiger partial charge in [-0.1, -0.05) is 0 Å². The lowest BCUT2D eigenvalue weighted by Crippen LogP contribution is -2.27. The van der Waals surface area contributed by atoms with Gasteiger partial charge in [-0.2, -0.15) is 0 Å². The Morgan fingerprint density at radius 3 is 2.79 bits per heavy atom. The second kappa shape index (κ2) is 5.61. The van der Waals surface area contributed by atoms with Crippen LogP contribution in [0.5, 0.6) is 5.75 Å². The standard InChI is InChI=1S/C15H22N2O2/c1-11(18)14-5-4-13(8-15(14)19)17(3)10-12-6-7-16(2)9-12/h4-5,8,12,19H,6-7,9-10H2,1-3H3. The number of hydrogen-bond acceptors (Lipinski definition) is 4. The highest BCUT2D eigenvalue weighted by Crippen LogP contribution is 2.26. The van der Waals surface area contributed by atoms with E-state index in [1.165, 1.54) is 13.3 Å². The summed E-state index contributed by atoms with van der Waals surface area (Å²) < 4.78 is 0. The van der Waals surface area contributed by atoms with Gasteiger partial charge < -0.3 is 14.9 Å². The number of nitrogens with zero attached hydrogens (tertiary/aromatic N) is 2. The number of anilines is 1. The second-order valence-electron chi connectivity index (χ2n) is 5.56. The van der Waals surface area contributed by atoms with Crippen LogP contribution in [0.3, 0.4) is 0 Å². The van der Waals surface area contributed by atoms with Crippen LogP contribution >= 0.6 is 0 Å². The van der Waals surface area contributed by atoms with E-state index in [9.17, 15) is 9.90 Å². The highest BCUT2D eigenvalue weighted by Gasteiger charge is 2.21. The molecule has 19 heavy (non-hydrogen) atoms. The Labute approximate surface area is 114 Å². The first-order valence-electron chi connectivity index (χ1n) is 6.71. The number of aromatic hydroxyl groups is 1. The van der Waals surface area contributed by atoms with E-state index in [1.807, 2.05) is 13.1 Å². The van der Waals surface area contributed by atoms with E-state index in [0.29, 0.717) is 11.5 Å². The third kappa shape index (κ3) is 3.26. The smallest absolute Gasteiger partial charge is 0.163 e. The number of phenols is 1. The van der Waals surface area contributed by atoms with Crippen molar-refractivity contribution in [1.29, 1.82) is 0 Å². The van der Waals surface area contributed by atoms with Crippen LogP contribution in [0.25, 0.3) is 0 Å². The molecule has 1 heterocycles. The molecule has 0 bridgehead atoms. The Morgan fingerprint density at radius 2 is 2.26 bits per heavy atom. The van der Waals surface area contributed by atoms with Crippen molar-refractivity contribution in [2.75, 3.05) is 38.6 Å². The molecule has 0 amide bonds. The minimum atomic E-state index is -0.107. The fraction of sp³-hybridized carbons (Fsp3) is 0.533. The number of Topliss-reactive ketones (excluding diaryl/α,β-unsaturated/α-hetero) is 1. The number of benzene rings is 1. The Morgan fingerprint density at radius 1 is 1.53 bits per heavy atom. The molecule has 0 radical (unpaired) electrons. The molecule has 0 spiro atoms.